The van der Waals surface area contributed by atoms with Crippen molar-refractivity contribution < 1.29 is 9.21 Å². The van der Waals surface area contributed by atoms with E-state index in [1.54, 1.807) is 18.2 Å². The SMILES string of the molecule is O=CC=Cc1ccc(-c2ccc(Cl)cc2)o1. The quantitative estimate of drug-likeness (QED) is 0.595. The molecule has 1 heterocycles. The second-order valence-corrected chi connectivity index (χ2v) is 3.64. The van der Waals surface area contributed by atoms with Crippen LogP contribution in [-0.2, 0) is 4.79 Å². The molecule has 2 aromatic rings. The Balaban J connectivity index is 2.27. The largest absolute Gasteiger partial charge is 0.457 e. The third-order valence-corrected chi connectivity index (χ3v) is 2.35. The van der Waals surface area contributed by atoms with E-state index in [0.29, 0.717) is 17.1 Å². The van der Waals surface area contributed by atoms with E-state index in [0.717, 1.165) is 11.3 Å². The standard InChI is InChI=1S/C13H9ClO2/c14-11-5-3-10(4-6-11)13-8-7-12(16-13)2-1-9-15/h1-9H. The number of rotatable bonds is 3. The lowest BCUT2D eigenvalue weighted by Crippen LogP contribution is -1.72. The van der Waals surface area contributed by atoms with E-state index in [1.165, 1.54) is 6.08 Å². The highest BCUT2D eigenvalue weighted by molar-refractivity contribution is 6.30. The van der Waals surface area contributed by atoms with Gasteiger partial charge in [-0.25, -0.2) is 0 Å². The van der Waals surface area contributed by atoms with Crippen molar-refractivity contribution in [1.82, 2.24) is 0 Å². The van der Waals surface area contributed by atoms with Gasteiger partial charge in [-0.3, -0.25) is 4.79 Å². The lowest BCUT2D eigenvalue weighted by molar-refractivity contribution is -0.104. The van der Waals surface area contributed by atoms with Crippen LogP contribution in [0.4, 0.5) is 0 Å². The maximum atomic E-state index is 10.1. The zero-order chi connectivity index (χ0) is 11.4. The van der Waals surface area contributed by atoms with Crippen LogP contribution in [0.1, 0.15) is 5.76 Å². The molecular weight excluding hydrogens is 224 g/mol. The molecule has 0 unspecified atom stereocenters. The molecule has 0 aliphatic heterocycles. The van der Waals surface area contributed by atoms with Crippen LogP contribution in [-0.4, -0.2) is 6.29 Å². The van der Waals surface area contributed by atoms with Gasteiger partial charge < -0.3 is 4.42 Å². The molecule has 0 aliphatic carbocycles. The number of halogens is 1. The van der Waals surface area contributed by atoms with Gasteiger partial charge in [0.25, 0.3) is 0 Å². The Bertz CT molecular complexity index is 509. The summed E-state index contributed by atoms with van der Waals surface area (Å²) in [7, 11) is 0. The number of carbonyl (C=O) groups is 1. The zero-order valence-electron chi connectivity index (χ0n) is 8.39. The zero-order valence-corrected chi connectivity index (χ0v) is 9.15. The Labute approximate surface area is 98.2 Å². The fourth-order valence-corrected chi connectivity index (χ4v) is 1.47. The third kappa shape index (κ3) is 2.41. The van der Waals surface area contributed by atoms with Gasteiger partial charge in [0.15, 0.2) is 0 Å². The van der Waals surface area contributed by atoms with Gasteiger partial charge in [-0.2, -0.15) is 0 Å². The highest BCUT2D eigenvalue weighted by Crippen LogP contribution is 2.24. The first-order valence-corrected chi connectivity index (χ1v) is 5.15. The fraction of sp³-hybridized carbons (Fsp3) is 0. The number of allylic oxidation sites excluding steroid dienone is 1. The number of furan rings is 1. The molecule has 0 aliphatic rings. The Kier molecular flexibility index (Phi) is 3.22. The molecule has 3 heteroatoms. The molecule has 0 bridgehead atoms. The molecule has 0 saturated carbocycles. The molecular formula is C13H9ClO2. The van der Waals surface area contributed by atoms with Gasteiger partial charge in [0.05, 0.1) is 0 Å². The van der Waals surface area contributed by atoms with Crippen molar-refractivity contribution in [3.63, 3.8) is 0 Å². The molecule has 0 N–H and O–H groups in total. The van der Waals surface area contributed by atoms with Crippen LogP contribution in [0.3, 0.4) is 0 Å². The Morgan fingerprint density at radius 3 is 2.50 bits per heavy atom. The summed E-state index contributed by atoms with van der Waals surface area (Å²) < 4.78 is 5.52. The molecule has 1 aromatic carbocycles. The third-order valence-electron chi connectivity index (χ3n) is 2.09. The number of aldehydes is 1. The first-order chi connectivity index (χ1) is 7.79. The molecule has 2 nitrogen and oxygen atoms in total. The molecule has 0 fully saturated rings. The summed E-state index contributed by atoms with van der Waals surface area (Å²) in [6.45, 7) is 0. The van der Waals surface area contributed by atoms with Gasteiger partial charge in [-0.15, -0.1) is 0 Å². The molecule has 0 spiro atoms. The highest BCUT2D eigenvalue weighted by Gasteiger charge is 2.02. The average Bonchev–Trinajstić information content (AvgIpc) is 2.76. The normalized spacial score (nSPS) is 10.8. The van der Waals surface area contributed by atoms with Crippen LogP contribution in [0.5, 0.6) is 0 Å². The van der Waals surface area contributed by atoms with E-state index in [4.69, 9.17) is 16.0 Å². The van der Waals surface area contributed by atoms with Crippen LogP contribution in [0.15, 0.2) is 46.9 Å². The predicted molar refractivity (Wildman–Crippen MR) is 64.3 cm³/mol. The number of hydrogen-bond acceptors (Lipinski definition) is 2. The van der Waals surface area contributed by atoms with Gasteiger partial charge in [-0.1, -0.05) is 11.6 Å². The van der Waals surface area contributed by atoms with Crippen molar-refractivity contribution in [2.45, 2.75) is 0 Å². The van der Waals surface area contributed by atoms with Crippen molar-refractivity contribution in [1.29, 1.82) is 0 Å². The topological polar surface area (TPSA) is 30.2 Å². The summed E-state index contributed by atoms with van der Waals surface area (Å²) in [5.41, 5.74) is 0.954. The van der Waals surface area contributed by atoms with Crippen LogP contribution >= 0.6 is 11.6 Å². The summed E-state index contributed by atoms with van der Waals surface area (Å²) in [5.74, 6) is 1.40. The van der Waals surface area contributed by atoms with E-state index in [-0.39, 0.29) is 0 Å². The predicted octanol–water partition coefficient (Wildman–Crippen LogP) is 3.81. The summed E-state index contributed by atoms with van der Waals surface area (Å²) in [4.78, 5) is 10.1. The summed E-state index contributed by atoms with van der Waals surface area (Å²) >= 11 is 5.79. The maximum Gasteiger partial charge on any atom is 0.142 e. The molecule has 80 valence electrons. The van der Waals surface area contributed by atoms with Crippen LogP contribution in [0, 0.1) is 0 Å². The lowest BCUT2D eigenvalue weighted by atomic mass is 10.2. The summed E-state index contributed by atoms with van der Waals surface area (Å²) in [5, 5.41) is 0.691. The number of benzene rings is 1. The number of hydrogen-bond donors (Lipinski definition) is 0. The van der Waals surface area contributed by atoms with Crippen molar-refractivity contribution >= 4 is 24.0 Å². The van der Waals surface area contributed by atoms with Crippen LogP contribution in [0.2, 0.25) is 5.02 Å². The fourth-order valence-electron chi connectivity index (χ4n) is 1.35. The van der Waals surface area contributed by atoms with E-state index >= 15 is 0 Å². The van der Waals surface area contributed by atoms with E-state index in [1.807, 2.05) is 24.3 Å². The molecule has 0 saturated heterocycles. The molecule has 16 heavy (non-hydrogen) atoms. The second-order valence-electron chi connectivity index (χ2n) is 3.20. The van der Waals surface area contributed by atoms with Gasteiger partial charge in [0.2, 0.25) is 0 Å². The maximum absolute atomic E-state index is 10.1. The van der Waals surface area contributed by atoms with Crippen molar-refractivity contribution in [2.24, 2.45) is 0 Å². The van der Waals surface area contributed by atoms with Gasteiger partial charge in [0, 0.05) is 10.6 Å². The molecule has 2 rings (SSSR count). The monoisotopic (exact) mass is 232 g/mol. The van der Waals surface area contributed by atoms with Gasteiger partial charge >= 0.3 is 0 Å². The molecule has 0 atom stereocenters. The summed E-state index contributed by atoms with van der Waals surface area (Å²) in [6, 6.07) is 11.0. The minimum absolute atomic E-state index is 0.650. The first-order valence-electron chi connectivity index (χ1n) is 4.77. The van der Waals surface area contributed by atoms with Crippen LogP contribution in [0.25, 0.3) is 17.4 Å². The molecule has 0 amide bonds. The van der Waals surface area contributed by atoms with Crippen molar-refractivity contribution in [3.05, 3.63) is 53.3 Å². The van der Waals surface area contributed by atoms with Crippen molar-refractivity contribution in [3.8, 4) is 11.3 Å². The minimum Gasteiger partial charge on any atom is -0.457 e. The highest BCUT2D eigenvalue weighted by atomic mass is 35.5. The van der Waals surface area contributed by atoms with Crippen LogP contribution < -0.4 is 0 Å². The Hall–Kier alpha value is -1.80. The average molecular weight is 233 g/mol. The number of carbonyl (C=O) groups excluding carboxylic acids is 1. The Morgan fingerprint density at radius 1 is 1.06 bits per heavy atom. The smallest absolute Gasteiger partial charge is 0.142 e. The second kappa shape index (κ2) is 4.81. The molecule has 0 radical (unpaired) electrons. The lowest BCUT2D eigenvalue weighted by Gasteiger charge is -1.96. The van der Waals surface area contributed by atoms with E-state index in [2.05, 4.69) is 0 Å². The van der Waals surface area contributed by atoms with Crippen molar-refractivity contribution in [2.75, 3.05) is 0 Å². The molecule has 1 aromatic heterocycles. The first kappa shape index (κ1) is 10.7. The minimum atomic E-state index is 0.650. The van der Waals surface area contributed by atoms with E-state index in [9.17, 15) is 4.79 Å². The van der Waals surface area contributed by atoms with Gasteiger partial charge in [-0.05, 0) is 48.6 Å². The Morgan fingerprint density at radius 2 is 1.81 bits per heavy atom. The summed E-state index contributed by atoms with van der Waals surface area (Å²) in [6.07, 6.45) is 3.72. The van der Waals surface area contributed by atoms with E-state index < -0.39 is 0 Å². The van der Waals surface area contributed by atoms with Gasteiger partial charge in [0.1, 0.15) is 17.8 Å².